The predicted octanol–water partition coefficient (Wildman–Crippen LogP) is 2.18. The Morgan fingerprint density at radius 3 is 2.76 bits per heavy atom. The van der Waals surface area contributed by atoms with Gasteiger partial charge in [0.05, 0.1) is 5.56 Å². The number of carbonyl (C=O) groups excluding carboxylic acids is 1. The molecule has 0 aliphatic carbocycles. The summed E-state index contributed by atoms with van der Waals surface area (Å²) in [5.74, 6) is 0.154. The lowest BCUT2D eigenvalue weighted by Gasteiger charge is -2.25. The molecule has 0 saturated heterocycles. The Labute approximate surface area is 124 Å². The fourth-order valence-corrected chi connectivity index (χ4v) is 2.28. The van der Waals surface area contributed by atoms with Crippen molar-refractivity contribution in [2.75, 3.05) is 17.2 Å². The molecular formula is C16H20N4O. The third kappa shape index (κ3) is 3.72. The van der Waals surface area contributed by atoms with E-state index in [4.69, 9.17) is 11.5 Å². The molecule has 5 heteroatoms. The Bertz CT molecular complexity index is 627. The third-order valence-corrected chi connectivity index (χ3v) is 3.17. The van der Waals surface area contributed by atoms with E-state index in [1.165, 1.54) is 0 Å². The number of hydrogen-bond donors (Lipinski definition) is 2. The van der Waals surface area contributed by atoms with Gasteiger partial charge in [-0.05, 0) is 36.2 Å². The number of carbonyl (C=O) groups is 1. The van der Waals surface area contributed by atoms with Crippen LogP contribution in [0.2, 0.25) is 0 Å². The smallest absolute Gasteiger partial charge is 0.252 e. The molecule has 2 rings (SSSR count). The van der Waals surface area contributed by atoms with Gasteiger partial charge in [-0.15, -0.1) is 0 Å². The average Bonchev–Trinajstić information content (AvgIpc) is 2.47. The van der Waals surface area contributed by atoms with Crippen LogP contribution >= 0.6 is 0 Å². The number of primary amides is 1. The summed E-state index contributed by atoms with van der Waals surface area (Å²) in [6.07, 6.45) is 2.61. The van der Waals surface area contributed by atoms with Crippen LogP contribution in [0.3, 0.4) is 0 Å². The first-order valence-electron chi connectivity index (χ1n) is 6.96. The maximum atomic E-state index is 11.6. The van der Waals surface area contributed by atoms with E-state index in [0.717, 1.165) is 24.2 Å². The summed E-state index contributed by atoms with van der Waals surface area (Å²) in [5, 5.41) is 0. The lowest BCUT2D eigenvalue weighted by Crippen LogP contribution is -2.28. The van der Waals surface area contributed by atoms with Crippen LogP contribution in [-0.2, 0) is 6.54 Å². The molecule has 0 saturated carbocycles. The predicted molar refractivity (Wildman–Crippen MR) is 85.0 cm³/mol. The number of aromatic nitrogens is 1. The topological polar surface area (TPSA) is 85.2 Å². The van der Waals surface area contributed by atoms with E-state index in [0.29, 0.717) is 17.9 Å². The maximum absolute atomic E-state index is 11.6. The quantitative estimate of drug-likeness (QED) is 0.796. The Kier molecular flexibility index (Phi) is 4.77. The Balaban J connectivity index is 2.33. The molecule has 1 aromatic carbocycles. The van der Waals surface area contributed by atoms with Crippen molar-refractivity contribution < 1.29 is 4.79 Å². The van der Waals surface area contributed by atoms with Crippen molar-refractivity contribution in [3.63, 3.8) is 0 Å². The van der Waals surface area contributed by atoms with E-state index in [2.05, 4.69) is 16.8 Å². The minimum atomic E-state index is -0.466. The molecule has 0 radical (unpaired) electrons. The zero-order valence-corrected chi connectivity index (χ0v) is 12.1. The minimum Gasteiger partial charge on any atom is -0.399 e. The normalized spacial score (nSPS) is 10.3. The van der Waals surface area contributed by atoms with E-state index in [1.54, 1.807) is 18.3 Å². The van der Waals surface area contributed by atoms with Crippen LogP contribution in [-0.4, -0.2) is 17.4 Å². The number of nitrogen functional groups attached to an aromatic ring is 1. The van der Waals surface area contributed by atoms with Crippen molar-refractivity contribution in [2.24, 2.45) is 5.73 Å². The second-order valence-electron chi connectivity index (χ2n) is 4.91. The van der Waals surface area contributed by atoms with Gasteiger partial charge in [0.1, 0.15) is 5.82 Å². The molecule has 0 aliphatic rings. The van der Waals surface area contributed by atoms with Gasteiger partial charge in [-0.1, -0.05) is 19.1 Å². The van der Waals surface area contributed by atoms with Gasteiger partial charge in [0.2, 0.25) is 0 Å². The molecule has 0 aliphatic heterocycles. The van der Waals surface area contributed by atoms with E-state index in [9.17, 15) is 4.79 Å². The molecule has 0 spiro atoms. The Morgan fingerprint density at radius 2 is 2.10 bits per heavy atom. The van der Waals surface area contributed by atoms with Crippen LogP contribution < -0.4 is 16.4 Å². The maximum Gasteiger partial charge on any atom is 0.252 e. The Morgan fingerprint density at radius 1 is 1.29 bits per heavy atom. The highest BCUT2D eigenvalue weighted by Gasteiger charge is 2.15. The van der Waals surface area contributed by atoms with Crippen molar-refractivity contribution >= 4 is 17.4 Å². The number of nitrogens with two attached hydrogens (primary N) is 2. The molecule has 0 atom stereocenters. The van der Waals surface area contributed by atoms with Gasteiger partial charge in [-0.25, -0.2) is 4.98 Å². The largest absolute Gasteiger partial charge is 0.399 e. The SMILES string of the molecule is CCCN(Cc1cccc(N)c1)c1ncccc1C(N)=O. The summed E-state index contributed by atoms with van der Waals surface area (Å²) in [6, 6.07) is 11.1. The standard InChI is InChI=1S/C16H20N4O/c1-2-9-20(11-12-5-3-6-13(17)10-12)16-14(15(18)21)7-4-8-19-16/h3-8,10H,2,9,11,17H2,1H3,(H2,18,21). The minimum absolute atomic E-state index is 0.440. The molecule has 2 aromatic rings. The van der Waals surface area contributed by atoms with Gasteiger partial charge in [0, 0.05) is 25.0 Å². The molecule has 0 fully saturated rings. The average molecular weight is 284 g/mol. The first-order valence-corrected chi connectivity index (χ1v) is 6.96. The van der Waals surface area contributed by atoms with E-state index < -0.39 is 5.91 Å². The number of benzene rings is 1. The fraction of sp³-hybridized carbons (Fsp3) is 0.250. The van der Waals surface area contributed by atoms with Crippen LogP contribution in [0, 0.1) is 0 Å². The molecular weight excluding hydrogens is 264 g/mol. The molecule has 110 valence electrons. The summed E-state index contributed by atoms with van der Waals surface area (Å²) in [6.45, 7) is 3.50. The second kappa shape index (κ2) is 6.74. The van der Waals surface area contributed by atoms with Crippen LogP contribution in [0.4, 0.5) is 11.5 Å². The van der Waals surface area contributed by atoms with E-state index >= 15 is 0 Å². The molecule has 5 nitrogen and oxygen atoms in total. The van der Waals surface area contributed by atoms with Gasteiger partial charge in [-0.2, -0.15) is 0 Å². The van der Waals surface area contributed by atoms with Crippen molar-refractivity contribution in [2.45, 2.75) is 19.9 Å². The second-order valence-corrected chi connectivity index (χ2v) is 4.91. The van der Waals surface area contributed by atoms with Crippen molar-refractivity contribution in [3.8, 4) is 0 Å². The van der Waals surface area contributed by atoms with E-state index in [-0.39, 0.29) is 0 Å². The lowest BCUT2D eigenvalue weighted by atomic mass is 10.1. The van der Waals surface area contributed by atoms with Gasteiger partial charge < -0.3 is 16.4 Å². The first-order chi connectivity index (χ1) is 10.1. The van der Waals surface area contributed by atoms with Gasteiger partial charge in [0.25, 0.3) is 5.91 Å². The number of rotatable bonds is 6. The van der Waals surface area contributed by atoms with Crippen LogP contribution in [0.1, 0.15) is 29.3 Å². The molecule has 4 N–H and O–H groups in total. The van der Waals surface area contributed by atoms with Gasteiger partial charge >= 0.3 is 0 Å². The number of hydrogen-bond acceptors (Lipinski definition) is 4. The summed E-state index contributed by atoms with van der Waals surface area (Å²) in [4.78, 5) is 18.0. The summed E-state index contributed by atoms with van der Waals surface area (Å²) in [7, 11) is 0. The third-order valence-electron chi connectivity index (χ3n) is 3.17. The molecule has 1 aromatic heterocycles. The molecule has 0 unspecified atom stereocenters. The monoisotopic (exact) mass is 284 g/mol. The van der Waals surface area contributed by atoms with Crippen molar-refractivity contribution in [1.82, 2.24) is 4.98 Å². The number of amides is 1. The molecule has 0 bridgehead atoms. The highest BCUT2D eigenvalue weighted by Crippen LogP contribution is 2.20. The number of pyridine rings is 1. The molecule has 1 amide bonds. The highest BCUT2D eigenvalue weighted by atomic mass is 16.1. The van der Waals surface area contributed by atoms with E-state index in [1.807, 2.05) is 24.3 Å². The summed E-state index contributed by atoms with van der Waals surface area (Å²) >= 11 is 0. The molecule has 21 heavy (non-hydrogen) atoms. The van der Waals surface area contributed by atoms with Gasteiger partial charge in [-0.3, -0.25) is 4.79 Å². The fourth-order valence-electron chi connectivity index (χ4n) is 2.28. The van der Waals surface area contributed by atoms with Gasteiger partial charge in [0.15, 0.2) is 0 Å². The number of nitrogens with zero attached hydrogens (tertiary/aromatic N) is 2. The van der Waals surface area contributed by atoms with Crippen LogP contribution in [0.15, 0.2) is 42.6 Å². The Hall–Kier alpha value is -2.56. The summed E-state index contributed by atoms with van der Waals surface area (Å²) in [5.41, 5.74) is 13.5. The lowest BCUT2D eigenvalue weighted by molar-refractivity contribution is 0.100. The summed E-state index contributed by atoms with van der Waals surface area (Å²) < 4.78 is 0. The zero-order chi connectivity index (χ0) is 15.2. The highest BCUT2D eigenvalue weighted by molar-refractivity contribution is 5.97. The molecule has 1 heterocycles. The first kappa shape index (κ1) is 14.8. The van der Waals surface area contributed by atoms with Crippen LogP contribution in [0.25, 0.3) is 0 Å². The van der Waals surface area contributed by atoms with Crippen molar-refractivity contribution in [3.05, 3.63) is 53.7 Å². The van der Waals surface area contributed by atoms with Crippen LogP contribution in [0.5, 0.6) is 0 Å². The number of anilines is 2. The van der Waals surface area contributed by atoms with Crippen molar-refractivity contribution in [1.29, 1.82) is 0 Å². The zero-order valence-electron chi connectivity index (χ0n) is 12.1.